The molecule has 0 unspecified atom stereocenters. The second-order valence-corrected chi connectivity index (χ2v) is 6.72. The van der Waals surface area contributed by atoms with E-state index in [0.717, 1.165) is 25.2 Å². The van der Waals surface area contributed by atoms with Gasteiger partial charge in [-0.3, -0.25) is 14.5 Å². The van der Waals surface area contributed by atoms with Gasteiger partial charge in [0.2, 0.25) is 5.91 Å². The van der Waals surface area contributed by atoms with Crippen molar-refractivity contribution < 1.29 is 14.0 Å². The van der Waals surface area contributed by atoms with Gasteiger partial charge < -0.3 is 10.6 Å². The Hall–Kier alpha value is -2.73. The van der Waals surface area contributed by atoms with Crippen LogP contribution >= 0.6 is 0 Å². The number of halogens is 1. The largest absolute Gasteiger partial charge is 0.350 e. The molecule has 2 aromatic carbocycles. The Morgan fingerprint density at radius 3 is 2.30 bits per heavy atom. The summed E-state index contributed by atoms with van der Waals surface area (Å²) in [6.45, 7) is 3.44. The van der Waals surface area contributed by atoms with Gasteiger partial charge in [0.1, 0.15) is 5.82 Å². The molecule has 5 nitrogen and oxygen atoms in total. The van der Waals surface area contributed by atoms with Crippen LogP contribution in [0.1, 0.15) is 34.3 Å². The smallest absolute Gasteiger partial charge is 0.251 e. The molecule has 27 heavy (non-hydrogen) atoms. The van der Waals surface area contributed by atoms with E-state index in [9.17, 15) is 14.0 Å². The Bertz CT molecular complexity index is 786. The average Bonchev–Trinajstić information content (AvgIpc) is 3.19. The zero-order chi connectivity index (χ0) is 19.1. The summed E-state index contributed by atoms with van der Waals surface area (Å²) in [5.41, 5.74) is 2.62. The molecule has 1 fully saturated rings. The molecule has 1 aliphatic heterocycles. The summed E-state index contributed by atoms with van der Waals surface area (Å²) in [6, 6.07) is 13.3. The van der Waals surface area contributed by atoms with Crippen molar-refractivity contribution in [3.63, 3.8) is 0 Å². The lowest BCUT2D eigenvalue weighted by atomic mass is 10.1. The quantitative estimate of drug-likeness (QED) is 0.788. The van der Waals surface area contributed by atoms with Crippen molar-refractivity contribution in [1.82, 2.24) is 15.5 Å². The van der Waals surface area contributed by atoms with Gasteiger partial charge in [0.15, 0.2) is 0 Å². The molecule has 6 heteroatoms. The normalized spacial score (nSPS) is 14.1. The molecular formula is C21H24FN3O2. The number of amides is 2. The molecule has 0 saturated carbocycles. The standard InChI is InChI=1S/C21H24FN3O2/c22-19-9-7-16(8-10-19)21(27)24-14-20(26)23-13-17-5-1-2-6-18(17)15-25-11-3-4-12-25/h1-2,5-10H,3-4,11-15H2,(H,23,26)(H,24,27). The first-order valence-electron chi connectivity index (χ1n) is 9.21. The van der Waals surface area contributed by atoms with E-state index >= 15 is 0 Å². The molecule has 2 aromatic rings. The van der Waals surface area contributed by atoms with Crippen LogP contribution in [0.15, 0.2) is 48.5 Å². The van der Waals surface area contributed by atoms with E-state index in [1.165, 1.54) is 42.7 Å². The van der Waals surface area contributed by atoms with Crippen LogP contribution in [0, 0.1) is 5.82 Å². The van der Waals surface area contributed by atoms with Gasteiger partial charge in [0, 0.05) is 18.7 Å². The second-order valence-electron chi connectivity index (χ2n) is 6.72. The number of nitrogens with one attached hydrogen (secondary N) is 2. The van der Waals surface area contributed by atoms with Gasteiger partial charge >= 0.3 is 0 Å². The molecule has 3 rings (SSSR count). The first-order valence-corrected chi connectivity index (χ1v) is 9.21. The van der Waals surface area contributed by atoms with E-state index in [4.69, 9.17) is 0 Å². The van der Waals surface area contributed by atoms with Gasteiger partial charge in [-0.1, -0.05) is 24.3 Å². The maximum Gasteiger partial charge on any atom is 0.251 e. The van der Waals surface area contributed by atoms with Gasteiger partial charge in [-0.15, -0.1) is 0 Å². The number of hydrogen-bond donors (Lipinski definition) is 2. The van der Waals surface area contributed by atoms with Crippen LogP contribution in [-0.4, -0.2) is 36.3 Å². The lowest BCUT2D eigenvalue weighted by molar-refractivity contribution is -0.120. The van der Waals surface area contributed by atoms with Gasteiger partial charge in [-0.2, -0.15) is 0 Å². The minimum atomic E-state index is -0.406. The number of likely N-dealkylation sites (tertiary alicyclic amines) is 1. The zero-order valence-electron chi connectivity index (χ0n) is 15.2. The van der Waals surface area contributed by atoms with Crippen molar-refractivity contribution in [2.24, 2.45) is 0 Å². The topological polar surface area (TPSA) is 61.4 Å². The van der Waals surface area contributed by atoms with E-state index in [-0.39, 0.29) is 12.5 Å². The molecule has 1 saturated heterocycles. The van der Waals surface area contributed by atoms with E-state index < -0.39 is 11.7 Å². The highest BCUT2D eigenvalue weighted by Gasteiger charge is 2.14. The first kappa shape index (κ1) is 19.0. The average molecular weight is 369 g/mol. The number of nitrogens with zero attached hydrogens (tertiary/aromatic N) is 1. The van der Waals surface area contributed by atoms with Gasteiger partial charge in [-0.25, -0.2) is 4.39 Å². The lowest BCUT2D eigenvalue weighted by Crippen LogP contribution is -2.36. The van der Waals surface area contributed by atoms with E-state index in [2.05, 4.69) is 21.6 Å². The number of carbonyl (C=O) groups is 2. The van der Waals surface area contributed by atoms with Crippen LogP contribution in [0.2, 0.25) is 0 Å². The predicted octanol–water partition coefficient (Wildman–Crippen LogP) is 2.47. The third-order valence-corrected chi connectivity index (χ3v) is 4.70. The summed E-state index contributed by atoms with van der Waals surface area (Å²) < 4.78 is 12.9. The van der Waals surface area contributed by atoms with E-state index in [0.29, 0.717) is 12.1 Å². The summed E-state index contributed by atoms with van der Waals surface area (Å²) >= 11 is 0. The van der Waals surface area contributed by atoms with Crippen molar-refractivity contribution in [3.05, 3.63) is 71.0 Å². The SMILES string of the molecule is O=C(CNC(=O)c1ccc(F)cc1)NCc1ccccc1CN1CCCC1. The molecule has 142 valence electrons. The zero-order valence-corrected chi connectivity index (χ0v) is 15.2. The van der Waals surface area contributed by atoms with Crippen LogP contribution in [0.25, 0.3) is 0 Å². The van der Waals surface area contributed by atoms with Crippen LogP contribution in [0.4, 0.5) is 4.39 Å². The second kappa shape index (κ2) is 9.28. The molecule has 0 bridgehead atoms. The molecule has 2 amide bonds. The summed E-state index contributed by atoms with van der Waals surface area (Å²) in [5, 5.41) is 5.39. The van der Waals surface area contributed by atoms with Crippen molar-refractivity contribution in [1.29, 1.82) is 0 Å². The first-order chi connectivity index (χ1) is 13.1. The van der Waals surface area contributed by atoms with Gasteiger partial charge in [-0.05, 0) is 61.3 Å². The summed E-state index contributed by atoms with van der Waals surface area (Å²) in [7, 11) is 0. The van der Waals surface area contributed by atoms with Crippen LogP contribution in [-0.2, 0) is 17.9 Å². The summed E-state index contributed by atoms with van der Waals surface area (Å²) in [5.74, 6) is -1.07. The predicted molar refractivity (Wildman–Crippen MR) is 102 cm³/mol. The van der Waals surface area contributed by atoms with Crippen LogP contribution in [0.3, 0.4) is 0 Å². The minimum Gasteiger partial charge on any atom is -0.350 e. The Morgan fingerprint density at radius 2 is 1.59 bits per heavy atom. The summed E-state index contributed by atoms with van der Waals surface area (Å²) in [4.78, 5) is 26.4. The Labute approximate surface area is 158 Å². The molecule has 0 spiro atoms. The fourth-order valence-corrected chi connectivity index (χ4v) is 3.19. The maximum absolute atomic E-state index is 12.9. The molecule has 1 heterocycles. The Balaban J connectivity index is 1.47. The Morgan fingerprint density at radius 1 is 0.926 bits per heavy atom. The molecule has 0 aromatic heterocycles. The molecule has 0 atom stereocenters. The molecule has 2 N–H and O–H groups in total. The third kappa shape index (κ3) is 5.62. The fraction of sp³-hybridized carbons (Fsp3) is 0.333. The number of rotatable bonds is 7. The fourth-order valence-electron chi connectivity index (χ4n) is 3.19. The minimum absolute atomic E-state index is 0.121. The lowest BCUT2D eigenvalue weighted by Gasteiger charge is -2.17. The van der Waals surface area contributed by atoms with Gasteiger partial charge in [0.25, 0.3) is 5.91 Å². The van der Waals surface area contributed by atoms with Crippen molar-refractivity contribution in [2.45, 2.75) is 25.9 Å². The van der Waals surface area contributed by atoms with Crippen LogP contribution in [0.5, 0.6) is 0 Å². The highest BCUT2D eigenvalue weighted by Crippen LogP contribution is 2.16. The third-order valence-electron chi connectivity index (χ3n) is 4.70. The Kier molecular flexibility index (Phi) is 6.54. The molecule has 1 aliphatic rings. The van der Waals surface area contributed by atoms with Crippen molar-refractivity contribution in [3.8, 4) is 0 Å². The molecule has 0 radical (unpaired) electrons. The number of carbonyl (C=O) groups excluding carboxylic acids is 2. The van der Waals surface area contributed by atoms with Gasteiger partial charge in [0.05, 0.1) is 6.54 Å². The maximum atomic E-state index is 12.9. The molecular weight excluding hydrogens is 345 g/mol. The van der Waals surface area contributed by atoms with E-state index in [1.54, 1.807) is 0 Å². The number of hydrogen-bond acceptors (Lipinski definition) is 3. The number of benzene rings is 2. The van der Waals surface area contributed by atoms with E-state index in [1.807, 2.05) is 18.2 Å². The molecule has 0 aliphatic carbocycles. The summed E-state index contributed by atoms with van der Waals surface area (Å²) in [6.07, 6.45) is 2.49. The monoisotopic (exact) mass is 369 g/mol. The van der Waals surface area contributed by atoms with Crippen molar-refractivity contribution in [2.75, 3.05) is 19.6 Å². The highest BCUT2D eigenvalue weighted by molar-refractivity contribution is 5.96. The van der Waals surface area contributed by atoms with Crippen LogP contribution < -0.4 is 10.6 Å². The highest BCUT2D eigenvalue weighted by atomic mass is 19.1. The van der Waals surface area contributed by atoms with Crippen molar-refractivity contribution >= 4 is 11.8 Å².